The van der Waals surface area contributed by atoms with Crippen LogP contribution in [-0.2, 0) is 5.41 Å². The monoisotopic (exact) mass is 800 g/mol. The molecule has 1 aromatic heterocycles. The van der Waals surface area contributed by atoms with Gasteiger partial charge in [0.1, 0.15) is 0 Å². The van der Waals surface area contributed by atoms with E-state index in [1.165, 1.54) is 60.8 Å². The highest BCUT2D eigenvalue weighted by molar-refractivity contribution is 6.07. The summed E-state index contributed by atoms with van der Waals surface area (Å²) in [7, 11) is 0. The molecule has 0 radical (unpaired) electrons. The maximum Gasteiger partial charge on any atom is 0.161 e. The fourth-order valence-corrected chi connectivity index (χ4v) is 10.2. The van der Waals surface area contributed by atoms with E-state index in [-0.39, 0.29) is 0 Å². The first-order valence-corrected chi connectivity index (χ1v) is 21.7. The normalized spacial score (nSPS) is 12.6. The lowest BCUT2D eigenvalue weighted by atomic mass is 9.66. The summed E-state index contributed by atoms with van der Waals surface area (Å²) < 4.78 is 0. The Morgan fingerprint density at radius 3 is 1.38 bits per heavy atom. The van der Waals surface area contributed by atoms with Crippen molar-refractivity contribution in [3.63, 3.8) is 0 Å². The molecule has 294 valence electrons. The van der Waals surface area contributed by atoms with Crippen molar-refractivity contribution in [2.45, 2.75) is 5.41 Å². The van der Waals surface area contributed by atoms with E-state index in [1.54, 1.807) is 0 Å². The van der Waals surface area contributed by atoms with E-state index in [0.717, 1.165) is 44.4 Å². The van der Waals surface area contributed by atoms with Gasteiger partial charge in [0.15, 0.2) is 5.82 Å². The molecule has 10 aromatic carbocycles. The average molecular weight is 801 g/mol. The standard InChI is InChI=1S/C61H40N2/c1-5-19-44(20-6-1)56-40-57(45-21-7-2-8-22-45)63-60(62-56)53-38-37-48(51-28-15-16-29-52(51)53)42-32-34-43(35-33-42)50-30-17-31-54-58-49-27-14-13-18-41(49)36-39-55(58)61(59(50)54,46-23-9-3-10-24-46)47-25-11-4-12-26-47/h1-40H. The molecule has 1 aliphatic carbocycles. The smallest absolute Gasteiger partial charge is 0.161 e. The Morgan fingerprint density at radius 2 is 0.778 bits per heavy atom. The van der Waals surface area contributed by atoms with E-state index < -0.39 is 5.41 Å². The number of benzene rings is 10. The van der Waals surface area contributed by atoms with Crippen LogP contribution in [0.5, 0.6) is 0 Å². The van der Waals surface area contributed by atoms with E-state index in [4.69, 9.17) is 9.97 Å². The molecule has 2 heteroatoms. The van der Waals surface area contributed by atoms with Crippen molar-refractivity contribution in [3.05, 3.63) is 265 Å². The topological polar surface area (TPSA) is 25.8 Å². The number of aromatic nitrogens is 2. The molecular formula is C61H40N2. The molecule has 1 heterocycles. The maximum atomic E-state index is 5.20. The molecular weight excluding hydrogens is 761 g/mol. The van der Waals surface area contributed by atoms with E-state index in [2.05, 4.69) is 231 Å². The minimum atomic E-state index is -0.529. The molecule has 0 unspecified atom stereocenters. The zero-order valence-electron chi connectivity index (χ0n) is 34.5. The molecule has 0 spiro atoms. The van der Waals surface area contributed by atoms with Crippen molar-refractivity contribution < 1.29 is 0 Å². The highest BCUT2D eigenvalue weighted by Crippen LogP contribution is 2.60. The first-order valence-electron chi connectivity index (χ1n) is 21.7. The molecule has 0 N–H and O–H groups in total. The molecule has 0 fully saturated rings. The lowest BCUT2D eigenvalue weighted by molar-refractivity contribution is 0.771. The summed E-state index contributed by atoms with van der Waals surface area (Å²) in [6.45, 7) is 0. The third kappa shape index (κ3) is 5.95. The van der Waals surface area contributed by atoms with Crippen molar-refractivity contribution in [1.29, 1.82) is 0 Å². The van der Waals surface area contributed by atoms with Crippen molar-refractivity contribution in [2.75, 3.05) is 0 Å². The van der Waals surface area contributed by atoms with Crippen molar-refractivity contribution >= 4 is 21.5 Å². The van der Waals surface area contributed by atoms with Crippen LogP contribution in [0.25, 0.3) is 88.8 Å². The first kappa shape index (κ1) is 36.6. The van der Waals surface area contributed by atoms with Gasteiger partial charge in [0.2, 0.25) is 0 Å². The second-order valence-corrected chi connectivity index (χ2v) is 16.4. The van der Waals surface area contributed by atoms with Crippen molar-refractivity contribution in [1.82, 2.24) is 9.97 Å². The highest BCUT2D eigenvalue weighted by Gasteiger charge is 2.48. The lowest BCUT2D eigenvalue weighted by Crippen LogP contribution is -2.29. The number of fused-ring (bicyclic) bond motifs is 6. The molecule has 2 nitrogen and oxygen atoms in total. The SMILES string of the molecule is c1ccc(-c2cc(-c3ccccc3)nc(-c3ccc(-c4ccc(-c5cccc6c5C(c5ccccc5)(c5ccccc5)c5ccc7ccccc7c5-6)cc4)c4ccccc34)n2)cc1. The number of nitrogens with zero attached hydrogens (tertiary/aromatic N) is 2. The van der Waals surface area contributed by atoms with E-state index in [0.29, 0.717) is 5.82 Å². The summed E-state index contributed by atoms with van der Waals surface area (Å²) in [5.41, 5.74) is 16.9. The Morgan fingerprint density at radius 1 is 0.302 bits per heavy atom. The van der Waals surface area contributed by atoms with Gasteiger partial charge in [-0.25, -0.2) is 9.97 Å². The van der Waals surface area contributed by atoms with Gasteiger partial charge in [-0.1, -0.05) is 231 Å². The molecule has 11 aromatic rings. The fourth-order valence-electron chi connectivity index (χ4n) is 10.2. The summed E-state index contributed by atoms with van der Waals surface area (Å²) >= 11 is 0. The third-order valence-electron chi connectivity index (χ3n) is 13.0. The number of hydrogen-bond donors (Lipinski definition) is 0. The summed E-state index contributed by atoms with van der Waals surface area (Å²) in [5, 5.41) is 4.80. The van der Waals surface area contributed by atoms with Gasteiger partial charge in [0.05, 0.1) is 16.8 Å². The molecule has 0 aliphatic heterocycles. The van der Waals surface area contributed by atoms with E-state index in [9.17, 15) is 0 Å². The van der Waals surface area contributed by atoms with Crippen LogP contribution in [0.15, 0.2) is 243 Å². The molecule has 0 amide bonds. The summed E-state index contributed by atoms with van der Waals surface area (Å²) in [6.07, 6.45) is 0. The average Bonchev–Trinajstić information content (AvgIpc) is 3.69. The van der Waals surface area contributed by atoms with Crippen LogP contribution in [0.4, 0.5) is 0 Å². The Labute approximate surface area is 367 Å². The number of hydrogen-bond acceptors (Lipinski definition) is 2. The lowest BCUT2D eigenvalue weighted by Gasteiger charge is -2.35. The van der Waals surface area contributed by atoms with Crippen molar-refractivity contribution in [3.8, 4) is 67.3 Å². The van der Waals surface area contributed by atoms with Gasteiger partial charge in [-0.3, -0.25) is 0 Å². The van der Waals surface area contributed by atoms with Crippen LogP contribution in [0.2, 0.25) is 0 Å². The molecule has 12 rings (SSSR count). The summed E-state index contributed by atoms with van der Waals surface area (Å²) in [4.78, 5) is 10.4. The second kappa shape index (κ2) is 15.1. The minimum absolute atomic E-state index is 0.529. The molecule has 0 saturated heterocycles. The maximum absolute atomic E-state index is 5.20. The van der Waals surface area contributed by atoms with Gasteiger partial charge in [-0.05, 0) is 89.3 Å². The summed E-state index contributed by atoms with van der Waals surface area (Å²) in [6, 6.07) is 87.8. The van der Waals surface area contributed by atoms with Crippen LogP contribution in [0.3, 0.4) is 0 Å². The summed E-state index contributed by atoms with van der Waals surface area (Å²) in [5.74, 6) is 0.709. The zero-order valence-corrected chi connectivity index (χ0v) is 34.5. The predicted octanol–water partition coefficient (Wildman–Crippen LogP) is 15.5. The molecule has 63 heavy (non-hydrogen) atoms. The highest BCUT2D eigenvalue weighted by atomic mass is 14.9. The molecule has 0 saturated carbocycles. The quantitative estimate of drug-likeness (QED) is 0.160. The Kier molecular flexibility index (Phi) is 8.76. The third-order valence-corrected chi connectivity index (χ3v) is 13.0. The van der Waals surface area contributed by atoms with E-state index in [1.807, 2.05) is 12.1 Å². The largest absolute Gasteiger partial charge is 0.228 e. The van der Waals surface area contributed by atoms with E-state index >= 15 is 0 Å². The fraction of sp³-hybridized carbons (Fsp3) is 0.0164. The van der Waals surface area contributed by atoms with Crippen LogP contribution in [0, 0.1) is 0 Å². The van der Waals surface area contributed by atoms with Gasteiger partial charge in [-0.15, -0.1) is 0 Å². The first-order chi connectivity index (χ1) is 31.3. The number of rotatable bonds is 7. The molecule has 1 aliphatic rings. The zero-order chi connectivity index (χ0) is 41.7. The van der Waals surface area contributed by atoms with Gasteiger partial charge in [0.25, 0.3) is 0 Å². The Bertz CT molecular complexity index is 3370. The van der Waals surface area contributed by atoms with Crippen LogP contribution in [-0.4, -0.2) is 9.97 Å². The van der Waals surface area contributed by atoms with Gasteiger partial charge < -0.3 is 0 Å². The van der Waals surface area contributed by atoms with Gasteiger partial charge in [0, 0.05) is 16.7 Å². The molecule has 0 atom stereocenters. The van der Waals surface area contributed by atoms with Gasteiger partial charge in [-0.2, -0.15) is 0 Å². The predicted molar refractivity (Wildman–Crippen MR) is 262 cm³/mol. The van der Waals surface area contributed by atoms with Crippen LogP contribution >= 0.6 is 0 Å². The Hall–Kier alpha value is -8.20. The van der Waals surface area contributed by atoms with Crippen molar-refractivity contribution in [2.24, 2.45) is 0 Å². The second-order valence-electron chi connectivity index (χ2n) is 16.4. The van der Waals surface area contributed by atoms with Gasteiger partial charge >= 0.3 is 0 Å². The Balaban J connectivity index is 1.01. The van der Waals surface area contributed by atoms with Crippen LogP contribution in [0.1, 0.15) is 22.3 Å². The minimum Gasteiger partial charge on any atom is -0.228 e. The molecule has 0 bridgehead atoms. The van der Waals surface area contributed by atoms with Crippen LogP contribution < -0.4 is 0 Å².